The third kappa shape index (κ3) is 4.33. The molecule has 3 rings (SSSR count). The molecule has 3 heterocycles. The summed E-state index contributed by atoms with van der Waals surface area (Å²) < 4.78 is 1.82. The third-order valence-electron chi connectivity index (χ3n) is 4.36. The number of amides is 1. The van der Waals surface area contributed by atoms with Crippen molar-refractivity contribution in [3.63, 3.8) is 0 Å². The Kier molecular flexibility index (Phi) is 5.28. The molecule has 0 bridgehead atoms. The summed E-state index contributed by atoms with van der Waals surface area (Å²) in [5, 5.41) is 4.21. The van der Waals surface area contributed by atoms with E-state index in [1.807, 2.05) is 48.0 Å². The fraction of sp³-hybridized carbons (Fsp3) is 0.529. The average molecular weight is 343 g/mol. The summed E-state index contributed by atoms with van der Waals surface area (Å²) in [4.78, 5) is 27.4. The van der Waals surface area contributed by atoms with Gasteiger partial charge in [0, 0.05) is 65.6 Å². The second-order valence-corrected chi connectivity index (χ2v) is 6.60. The predicted molar refractivity (Wildman–Crippen MR) is 95.4 cm³/mol. The molecule has 0 aromatic carbocycles. The molecule has 0 saturated carbocycles. The number of carbonyl (C=O) groups excluding carboxylic acids is 1. The minimum absolute atomic E-state index is 0.0407. The SMILES string of the molecule is CN(C)c1cnc(C(=O)N2CCCN(Cc3cnn(C)c3)CC2)cn1. The lowest BCUT2D eigenvalue weighted by atomic mass is 10.3. The van der Waals surface area contributed by atoms with E-state index in [-0.39, 0.29) is 5.91 Å². The highest BCUT2D eigenvalue weighted by atomic mass is 16.2. The van der Waals surface area contributed by atoms with E-state index in [0.717, 1.165) is 38.4 Å². The van der Waals surface area contributed by atoms with Crippen LogP contribution in [-0.4, -0.2) is 75.7 Å². The Morgan fingerprint density at radius 3 is 2.60 bits per heavy atom. The van der Waals surface area contributed by atoms with Crippen molar-refractivity contribution < 1.29 is 4.79 Å². The lowest BCUT2D eigenvalue weighted by Crippen LogP contribution is -2.35. The first-order valence-electron chi connectivity index (χ1n) is 8.51. The number of nitrogens with zero attached hydrogens (tertiary/aromatic N) is 7. The molecule has 0 spiro atoms. The van der Waals surface area contributed by atoms with E-state index < -0.39 is 0 Å². The molecule has 1 amide bonds. The van der Waals surface area contributed by atoms with Crippen molar-refractivity contribution in [3.05, 3.63) is 36.0 Å². The van der Waals surface area contributed by atoms with Gasteiger partial charge < -0.3 is 9.80 Å². The van der Waals surface area contributed by atoms with Gasteiger partial charge in [-0.25, -0.2) is 9.97 Å². The van der Waals surface area contributed by atoms with Crippen molar-refractivity contribution in [2.45, 2.75) is 13.0 Å². The molecule has 134 valence electrons. The van der Waals surface area contributed by atoms with E-state index in [1.165, 1.54) is 5.56 Å². The molecule has 2 aromatic heterocycles. The summed E-state index contributed by atoms with van der Waals surface area (Å²) in [6.45, 7) is 4.15. The molecule has 1 fully saturated rings. The lowest BCUT2D eigenvalue weighted by molar-refractivity contribution is 0.0755. The molecule has 1 aliphatic heterocycles. The zero-order valence-corrected chi connectivity index (χ0v) is 15.1. The van der Waals surface area contributed by atoms with Gasteiger partial charge in [-0.2, -0.15) is 5.10 Å². The van der Waals surface area contributed by atoms with Crippen molar-refractivity contribution in [1.29, 1.82) is 0 Å². The van der Waals surface area contributed by atoms with Crippen molar-refractivity contribution in [2.24, 2.45) is 7.05 Å². The van der Waals surface area contributed by atoms with E-state index in [1.54, 1.807) is 12.4 Å². The molecule has 0 unspecified atom stereocenters. The Labute approximate surface area is 148 Å². The van der Waals surface area contributed by atoms with Gasteiger partial charge in [0.05, 0.1) is 18.6 Å². The van der Waals surface area contributed by atoms with Crippen molar-refractivity contribution in [3.8, 4) is 0 Å². The van der Waals surface area contributed by atoms with Crippen LogP contribution in [0.1, 0.15) is 22.5 Å². The number of anilines is 1. The number of hydrogen-bond acceptors (Lipinski definition) is 6. The van der Waals surface area contributed by atoms with Crippen molar-refractivity contribution >= 4 is 11.7 Å². The second-order valence-electron chi connectivity index (χ2n) is 6.60. The maximum absolute atomic E-state index is 12.7. The van der Waals surface area contributed by atoms with Gasteiger partial charge in [-0.15, -0.1) is 0 Å². The fourth-order valence-corrected chi connectivity index (χ4v) is 2.97. The van der Waals surface area contributed by atoms with Crippen LogP contribution in [0.25, 0.3) is 0 Å². The van der Waals surface area contributed by atoms with Crippen molar-refractivity contribution in [2.75, 3.05) is 45.2 Å². The summed E-state index contributed by atoms with van der Waals surface area (Å²) in [6.07, 6.45) is 8.09. The first-order chi connectivity index (χ1) is 12.0. The number of rotatable bonds is 4. The highest BCUT2D eigenvalue weighted by Gasteiger charge is 2.21. The van der Waals surface area contributed by atoms with E-state index in [9.17, 15) is 4.79 Å². The molecule has 0 atom stereocenters. The van der Waals surface area contributed by atoms with Crippen molar-refractivity contribution in [1.82, 2.24) is 29.5 Å². The zero-order valence-electron chi connectivity index (χ0n) is 15.1. The van der Waals surface area contributed by atoms with E-state index in [2.05, 4.69) is 20.0 Å². The molecular formula is C17H25N7O. The third-order valence-corrected chi connectivity index (χ3v) is 4.36. The van der Waals surface area contributed by atoms with Gasteiger partial charge in [0.1, 0.15) is 11.5 Å². The van der Waals surface area contributed by atoms with Gasteiger partial charge in [0.2, 0.25) is 0 Å². The average Bonchev–Trinajstić information content (AvgIpc) is 2.87. The first-order valence-corrected chi connectivity index (χ1v) is 8.51. The second kappa shape index (κ2) is 7.60. The minimum atomic E-state index is -0.0407. The molecule has 8 heteroatoms. The summed E-state index contributed by atoms with van der Waals surface area (Å²) >= 11 is 0. The van der Waals surface area contributed by atoms with Crippen LogP contribution in [0.4, 0.5) is 5.82 Å². The van der Waals surface area contributed by atoms with E-state index in [4.69, 9.17) is 0 Å². The minimum Gasteiger partial charge on any atom is -0.361 e. The van der Waals surface area contributed by atoms with Gasteiger partial charge in [-0.1, -0.05) is 0 Å². The number of hydrogen-bond donors (Lipinski definition) is 0. The Hall–Kier alpha value is -2.48. The highest BCUT2D eigenvalue weighted by Crippen LogP contribution is 2.11. The molecule has 25 heavy (non-hydrogen) atoms. The Morgan fingerprint density at radius 1 is 1.12 bits per heavy atom. The quantitative estimate of drug-likeness (QED) is 0.811. The number of aryl methyl sites for hydroxylation is 1. The molecule has 0 N–H and O–H groups in total. The smallest absolute Gasteiger partial charge is 0.274 e. The Balaban J connectivity index is 1.59. The standard InChI is InChI=1S/C17H25N7O/c1-21(2)16-11-18-15(10-19-16)17(25)24-6-4-5-23(7-8-24)13-14-9-20-22(3)12-14/h9-12H,4-8,13H2,1-3H3. The fourth-order valence-electron chi connectivity index (χ4n) is 2.97. The lowest BCUT2D eigenvalue weighted by Gasteiger charge is -2.21. The van der Waals surface area contributed by atoms with Gasteiger partial charge >= 0.3 is 0 Å². The number of aromatic nitrogens is 4. The van der Waals surface area contributed by atoms with E-state index >= 15 is 0 Å². The Bertz CT molecular complexity index is 710. The van der Waals surface area contributed by atoms with Crippen LogP contribution in [-0.2, 0) is 13.6 Å². The number of carbonyl (C=O) groups is 1. The van der Waals surface area contributed by atoms with Crippen LogP contribution in [0.15, 0.2) is 24.8 Å². The van der Waals surface area contributed by atoms with Gasteiger partial charge in [0.25, 0.3) is 5.91 Å². The Morgan fingerprint density at radius 2 is 1.96 bits per heavy atom. The maximum atomic E-state index is 12.7. The van der Waals surface area contributed by atoms with Crippen LogP contribution in [0, 0.1) is 0 Å². The molecule has 0 radical (unpaired) electrons. The molecule has 2 aromatic rings. The highest BCUT2D eigenvalue weighted by molar-refractivity contribution is 5.92. The summed E-state index contributed by atoms with van der Waals surface area (Å²) in [6, 6.07) is 0. The maximum Gasteiger partial charge on any atom is 0.274 e. The largest absolute Gasteiger partial charge is 0.361 e. The van der Waals surface area contributed by atoms with Crippen LogP contribution < -0.4 is 4.90 Å². The molecule has 1 aliphatic rings. The van der Waals surface area contributed by atoms with Crippen LogP contribution in [0.5, 0.6) is 0 Å². The molecule has 0 aliphatic carbocycles. The topological polar surface area (TPSA) is 70.4 Å². The van der Waals surface area contributed by atoms with Crippen LogP contribution >= 0.6 is 0 Å². The van der Waals surface area contributed by atoms with E-state index in [0.29, 0.717) is 12.2 Å². The monoisotopic (exact) mass is 343 g/mol. The summed E-state index contributed by atoms with van der Waals surface area (Å²) in [5.74, 6) is 0.705. The molecule has 8 nitrogen and oxygen atoms in total. The zero-order chi connectivity index (χ0) is 17.8. The van der Waals surface area contributed by atoms with Crippen LogP contribution in [0.3, 0.4) is 0 Å². The predicted octanol–water partition coefficient (Wildman–Crippen LogP) is 0.624. The normalized spacial score (nSPS) is 15.9. The summed E-state index contributed by atoms with van der Waals surface area (Å²) in [7, 11) is 5.73. The molecule has 1 saturated heterocycles. The first kappa shape index (κ1) is 17.3. The van der Waals surface area contributed by atoms with Gasteiger partial charge in [-0.05, 0) is 6.42 Å². The van der Waals surface area contributed by atoms with Gasteiger partial charge in [-0.3, -0.25) is 14.4 Å². The van der Waals surface area contributed by atoms with Gasteiger partial charge in [0.15, 0.2) is 0 Å². The van der Waals surface area contributed by atoms with Crippen LogP contribution in [0.2, 0.25) is 0 Å². The molecular weight excluding hydrogens is 318 g/mol. The summed E-state index contributed by atoms with van der Waals surface area (Å²) in [5.41, 5.74) is 1.61.